The largest absolute Gasteiger partial charge is 0.445 e. The number of anilines is 1. The molecule has 10 heteroatoms. The fraction of sp³-hybridized carbons (Fsp3) is 0.400. The van der Waals surface area contributed by atoms with E-state index in [1.807, 2.05) is 20.8 Å². The molecule has 0 saturated heterocycles. The maximum Gasteiger partial charge on any atom is 0.412 e. The van der Waals surface area contributed by atoms with Gasteiger partial charge in [0.2, 0.25) is 3.79 Å². The van der Waals surface area contributed by atoms with Crippen molar-refractivity contribution in [2.75, 3.05) is 11.9 Å². The number of aromatic nitrogens is 3. The van der Waals surface area contributed by atoms with Gasteiger partial charge in [-0.15, -0.1) is 0 Å². The standard InChI is InChI=1S/C15H16Cl3FN4O2/c1-14(2,3)11-5-12(21-13(24)25-8-15(16,17)18)23(22-11)10-4-9(19)6-20-7-10/h4-7H,8H2,1-3H3,(H,21,24). The topological polar surface area (TPSA) is 69.0 Å². The summed E-state index contributed by atoms with van der Waals surface area (Å²) in [6.07, 6.45) is 1.65. The predicted molar refractivity (Wildman–Crippen MR) is 95.3 cm³/mol. The first-order chi connectivity index (χ1) is 11.5. The number of alkyl halides is 3. The Labute approximate surface area is 159 Å². The Hall–Kier alpha value is -1.57. The summed E-state index contributed by atoms with van der Waals surface area (Å²) in [6, 6.07) is 2.89. The highest BCUT2D eigenvalue weighted by atomic mass is 35.6. The third kappa shape index (κ3) is 5.73. The molecule has 0 aromatic carbocycles. The van der Waals surface area contributed by atoms with Gasteiger partial charge in [-0.25, -0.2) is 13.9 Å². The number of rotatable bonds is 3. The molecule has 2 rings (SSSR count). The van der Waals surface area contributed by atoms with Crippen LogP contribution in [0, 0.1) is 5.82 Å². The minimum Gasteiger partial charge on any atom is -0.445 e. The van der Waals surface area contributed by atoms with Gasteiger partial charge in [0.1, 0.15) is 18.2 Å². The Morgan fingerprint density at radius 3 is 2.52 bits per heavy atom. The maximum absolute atomic E-state index is 13.5. The van der Waals surface area contributed by atoms with Crippen LogP contribution in [0.25, 0.3) is 5.69 Å². The third-order valence-electron chi connectivity index (χ3n) is 3.01. The fourth-order valence-corrected chi connectivity index (χ4v) is 2.00. The van der Waals surface area contributed by atoms with Gasteiger partial charge in [-0.05, 0) is 0 Å². The normalized spacial score (nSPS) is 12.1. The van der Waals surface area contributed by atoms with Crippen LogP contribution in [0.3, 0.4) is 0 Å². The van der Waals surface area contributed by atoms with Crippen molar-refractivity contribution in [3.8, 4) is 5.69 Å². The summed E-state index contributed by atoms with van der Waals surface area (Å²) in [7, 11) is 0. The van der Waals surface area contributed by atoms with Crippen molar-refractivity contribution in [1.82, 2.24) is 14.8 Å². The van der Waals surface area contributed by atoms with E-state index in [-0.39, 0.29) is 11.2 Å². The van der Waals surface area contributed by atoms with Crippen molar-refractivity contribution in [2.24, 2.45) is 0 Å². The first kappa shape index (κ1) is 19.8. The summed E-state index contributed by atoms with van der Waals surface area (Å²) in [4.78, 5) is 15.7. The molecule has 0 aliphatic rings. The molecule has 0 fully saturated rings. The molecule has 0 bridgehead atoms. The molecule has 0 radical (unpaired) electrons. The van der Waals surface area contributed by atoms with Crippen LogP contribution in [-0.4, -0.2) is 31.3 Å². The molecule has 2 heterocycles. The maximum atomic E-state index is 13.5. The van der Waals surface area contributed by atoms with Crippen LogP contribution >= 0.6 is 34.8 Å². The summed E-state index contributed by atoms with van der Waals surface area (Å²) in [6.45, 7) is 5.43. The molecule has 2 aromatic rings. The lowest BCUT2D eigenvalue weighted by Gasteiger charge is -2.14. The molecule has 0 aliphatic carbocycles. The zero-order chi connectivity index (χ0) is 18.8. The predicted octanol–water partition coefficient (Wildman–Crippen LogP) is 4.62. The van der Waals surface area contributed by atoms with Crippen LogP contribution < -0.4 is 5.32 Å². The average Bonchev–Trinajstić information content (AvgIpc) is 2.88. The number of hydrogen-bond donors (Lipinski definition) is 1. The number of carbonyl (C=O) groups excluding carboxylic acids is 1. The molecule has 6 nitrogen and oxygen atoms in total. The molecular weight excluding hydrogens is 394 g/mol. The number of ether oxygens (including phenoxy) is 1. The van der Waals surface area contributed by atoms with Gasteiger partial charge in [-0.3, -0.25) is 10.3 Å². The summed E-state index contributed by atoms with van der Waals surface area (Å²) < 4.78 is 18.0. The van der Waals surface area contributed by atoms with Crippen molar-refractivity contribution in [1.29, 1.82) is 0 Å². The Balaban J connectivity index is 2.32. The highest BCUT2D eigenvalue weighted by molar-refractivity contribution is 6.67. The van der Waals surface area contributed by atoms with Crippen LogP contribution in [0.5, 0.6) is 0 Å². The second kappa shape index (κ2) is 7.35. The summed E-state index contributed by atoms with van der Waals surface area (Å²) >= 11 is 16.6. The molecule has 1 N–H and O–H groups in total. The molecule has 2 aromatic heterocycles. The van der Waals surface area contributed by atoms with Gasteiger partial charge in [0.15, 0.2) is 0 Å². The average molecular weight is 410 g/mol. The molecule has 0 atom stereocenters. The van der Waals surface area contributed by atoms with Crippen LogP contribution in [0.15, 0.2) is 24.5 Å². The van der Waals surface area contributed by atoms with Gasteiger partial charge in [0.25, 0.3) is 0 Å². The molecule has 0 spiro atoms. The summed E-state index contributed by atoms with van der Waals surface area (Å²) in [5.41, 5.74) is 0.713. The van der Waals surface area contributed by atoms with E-state index in [4.69, 9.17) is 39.5 Å². The van der Waals surface area contributed by atoms with E-state index in [0.717, 1.165) is 6.20 Å². The lowest BCUT2D eigenvalue weighted by Crippen LogP contribution is -2.22. The van der Waals surface area contributed by atoms with E-state index in [2.05, 4.69) is 15.4 Å². The van der Waals surface area contributed by atoms with Gasteiger partial charge in [-0.1, -0.05) is 55.6 Å². The van der Waals surface area contributed by atoms with E-state index in [1.165, 1.54) is 16.9 Å². The minimum atomic E-state index is -1.72. The fourth-order valence-electron chi connectivity index (χ4n) is 1.84. The Morgan fingerprint density at radius 1 is 1.28 bits per heavy atom. The SMILES string of the molecule is CC(C)(C)c1cc(NC(=O)OCC(Cl)(Cl)Cl)n(-c2cncc(F)c2)n1. The van der Waals surface area contributed by atoms with Crippen molar-refractivity contribution < 1.29 is 13.9 Å². The van der Waals surface area contributed by atoms with Crippen LogP contribution in [0.4, 0.5) is 15.0 Å². The molecule has 0 saturated carbocycles. The first-order valence-corrected chi connectivity index (χ1v) is 8.31. The van der Waals surface area contributed by atoms with Crippen molar-refractivity contribution in [3.05, 3.63) is 36.0 Å². The van der Waals surface area contributed by atoms with Crippen LogP contribution in [-0.2, 0) is 10.2 Å². The molecule has 0 unspecified atom stereocenters. The monoisotopic (exact) mass is 408 g/mol. The van der Waals surface area contributed by atoms with Crippen molar-refractivity contribution >= 4 is 46.7 Å². The highest BCUT2D eigenvalue weighted by Crippen LogP contribution is 2.28. The second-order valence-corrected chi connectivity index (χ2v) is 8.77. The quantitative estimate of drug-likeness (QED) is 0.751. The van der Waals surface area contributed by atoms with Crippen LogP contribution in [0.1, 0.15) is 26.5 Å². The lowest BCUT2D eigenvalue weighted by atomic mass is 9.92. The van der Waals surface area contributed by atoms with Crippen LogP contribution in [0.2, 0.25) is 0 Å². The molecule has 0 aliphatic heterocycles. The minimum absolute atomic E-state index is 0.270. The smallest absolute Gasteiger partial charge is 0.412 e. The van der Waals surface area contributed by atoms with E-state index in [0.29, 0.717) is 11.4 Å². The summed E-state index contributed by atoms with van der Waals surface area (Å²) in [5, 5.41) is 6.92. The molecular formula is C15H16Cl3FN4O2. The first-order valence-electron chi connectivity index (χ1n) is 7.18. The molecule has 136 valence electrons. The molecule has 1 amide bonds. The second-order valence-electron chi connectivity index (χ2n) is 6.25. The Morgan fingerprint density at radius 2 is 1.96 bits per heavy atom. The third-order valence-corrected chi connectivity index (χ3v) is 3.34. The number of nitrogens with one attached hydrogen (secondary N) is 1. The van der Waals surface area contributed by atoms with Crippen molar-refractivity contribution in [3.63, 3.8) is 0 Å². The Kier molecular flexibility index (Phi) is 5.81. The van der Waals surface area contributed by atoms with E-state index in [1.54, 1.807) is 6.07 Å². The zero-order valence-corrected chi connectivity index (χ0v) is 16.0. The number of carbonyl (C=O) groups is 1. The van der Waals surface area contributed by atoms with Gasteiger partial charge in [0.05, 0.1) is 23.8 Å². The van der Waals surface area contributed by atoms with E-state index in [9.17, 15) is 9.18 Å². The van der Waals surface area contributed by atoms with Gasteiger partial charge in [0, 0.05) is 17.5 Å². The highest BCUT2D eigenvalue weighted by Gasteiger charge is 2.24. The lowest BCUT2D eigenvalue weighted by molar-refractivity contribution is 0.163. The zero-order valence-electron chi connectivity index (χ0n) is 13.7. The number of halogens is 4. The van der Waals surface area contributed by atoms with Crippen molar-refractivity contribution in [2.45, 2.75) is 30.0 Å². The number of hydrogen-bond acceptors (Lipinski definition) is 4. The summed E-state index contributed by atoms with van der Waals surface area (Å²) in [5.74, 6) is -0.262. The molecule has 25 heavy (non-hydrogen) atoms. The number of nitrogens with zero attached hydrogens (tertiary/aromatic N) is 3. The van der Waals surface area contributed by atoms with E-state index >= 15 is 0 Å². The van der Waals surface area contributed by atoms with Gasteiger partial charge >= 0.3 is 6.09 Å². The Bertz CT molecular complexity index is 769. The van der Waals surface area contributed by atoms with Gasteiger partial charge in [-0.2, -0.15) is 5.10 Å². The van der Waals surface area contributed by atoms with Gasteiger partial charge < -0.3 is 4.74 Å². The number of pyridine rings is 1. The van der Waals surface area contributed by atoms with E-state index < -0.39 is 22.3 Å². The number of amides is 1.